The van der Waals surface area contributed by atoms with E-state index in [4.69, 9.17) is 15.2 Å². The molecule has 0 fully saturated rings. The van der Waals surface area contributed by atoms with Gasteiger partial charge in [-0.15, -0.1) is 24.0 Å². The Bertz CT molecular complexity index is 593. The van der Waals surface area contributed by atoms with Crippen LogP contribution in [0.15, 0.2) is 23.2 Å². The molecule has 25 heavy (non-hydrogen) atoms. The molecular weight excluding hydrogens is 435 g/mol. The molecule has 0 aromatic heterocycles. The number of carbonyl (C=O) groups is 1. The average molecular weight is 462 g/mol. The van der Waals surface area contributed by atoms with Gasteiger partial charge in [0.25, 0.3) is 0 Å². The molecule has 7 nitrogen and oxygen atoms in total. The first-order valence-corrected chi connectivity index (χ1v) is 8.30. The minimum atomic E-state index is -0.000329. The van der Waals surface area contributed by atoms with Crippen molar-refractivity contribution in [3.05, 3.63) is 18.2 Å². The summed E-state index contributed by atoms with van der Waals surface area (Å²) < 4.78 is 11.2. The van der Waals surface area contributed by atoms with Gasteiger partial charge in [-0.3, -0.25) is 9.79 Å². The van der Waals surface area contributed by atoms with E-state index in [0.29, 0.717) is 38.0 Å². The summed E-state index contributed by atoms with van der Waals surface area (Å²) in [5.74, 6) is 1.84. The van der Waals surface area contributed by atoms with Crippen molar-refractivity contribution < 1.29 is 14.3 Å². The lowest BCUT2D eigenvalue weighted by atomic mass is 10.2. The number of nitrogens with zero attached hydrogens (tertiary/aromatic N) is 1. The topological polar surface area (TPSA) is 98.0 Å². The van der Waals surface area contributed by atoms with Crippen LogP contribution in [0.3, 0.4) is 0 Å². The fraction of sp³-hybridized carbons (Fsp3) is 0.529. The number of anilines is 1. The van der Waals surface area contributed by atoms with Gasteiger partial charge in [-0.25, -0.2) is 0 Å². The van der Waals surface area contributed by atoms with Gasteiger partial charge >= 0.3 is 0 Å². The highest BCUT2D eigenvalue weighted by Gasteiger charge is 2.10. The number of aliphatic imine (C=N–C) groups is 1. The van der Waals surface area contributed by atoms with Gasteiger partial charge in [0.15, 0.2) is 17.5 Å². The van der Waals surface area contributed by atoms with Crippen molar-refractivity contribution in [3.63, 3.8) is 0 Å². The van der Waals surface area contributed by atoms with Crippen LogP contribution in [0.25, 0.3) is 0 Å². The minimum absolute atomic E-state index is 0. The summed E-state index contributed by atoms with van der Waals surface area (Å²) in [5.41, 5.74) is 6.68. The molecule has 0 aliphatic carbocycles. The Labute approximate surface area is 165 Å². The molecule has 1 aliphatic heterocycles. The Kier molecular flexibility index (Phi) is 9.40. The minimum Gasteiger partial charge on any atom is -0.490 e. The first kappa shape index (κ1) is 21.3. The predicted octanol–water partition coefficient (Wildman–Crippen LogP) is 2.35. The van der Waals surface area contributed by atoms with E-state index in [9.17, 15) is 4.79 Å². The van der Waals surface area contributed by atoms with Crippen LogP contribution in [-0.2, 0) is 4.79 Å². The summed E-state index contributed by atoms with van der Waals surface area (Å²) in [4.78, 5) is 15.7. The number of amides is 1. The Morgan fingerprint density at radius 2 is 2.00 bits per heavy atom. The summed E-state index contributed by atoms with van der Waals surface area (Å²) in [5, 5.41) is 5.88. The molecule has 0 saturated heterocycles. The van der Waals surface area contributed by atoms with Gasteiger partial charge in [-0.05, 0) is 18.6 Å². The SMILES string of the molecule is CC(C)C(=O)NCCCN=C(N)Nc1ccc2c(c1)OCCCO2.I. The van der Waals surface area contributed by atoms with Crippen molar-refractivity contribution in [3.8, 4) is 11.5 Å². The molecule has 2 rings (SSSR count). The van der Waals surface area contributed by atoms with Gasteiger partial charge < -0.3 is 25.8 Å². The highest BCUT2D eigenvalue weighted by molar-refractivity contribution is 14.0. The number of fused-ring (bicyclic) bond motifs is 1. The maximum Gasteiger partial charge on any atom is 0.222 e. The highest BCUT2D eigenvalue weighted by atomic mass is 127. The molecule has 1 aliphatic rings. The van der Waals surface area contributed by atoms with E-state index >= 15 is 0 Å². The van der Waals surface area contributed by atoms with Gasteiger partial charge in [-0.1, -0.05) is 13.8 Å². The molecule has 0 unspecified atom stereocenters. The van der Waals surface area contributed by atoms with Crippen molar-refractivity contribution in [2.45, 2.75) is 26.7 Å². The number of halogens is 1. The number of nitrogens with one attached hydrogen (secondary N) is 2. The summed E-state index contributed by atoms with van der Waals surface area (Å²) in [7, 11) is 0. The maximum absolute atomic E-state index is 11.4. The molecule has 4 N–H and O–H groups in total. The smallest absolute Gasteiger partial charge is 0.222 e. The standard InChI is InChI=1S/C17H26N4O3.HI/c1-12(2)16(22)19-7-3-8-20-17(18)21-13-5-6-14-15(11-13)24-10-4-9-23-14;/h5-6,11-12H,3-4,7-10H2,1-2H3,(H,19,22)(H3,18,20,21);1H. The molecule has 0 spiro atoms. The Hall–Kier alpha value is -1.71. The Morgan fingerprint density at radius 3 is 2.72 bits per heavy atom. The molecule has 0 saturated carbocycles. The van der Waals surface area contributed by atoms with Crippen LogP contribution in [-0.4, -0.2) is 38.2 Å². The Balaban J connectivity index is 0.00000312. The third-order valence-corrected chi connectivity index (χ3v) is 3.46. The number of hydrogen-bond donors (Lipinski definition) is 3. The predicted molar refractivity (Wildman–Crippen MR) is 110 cm³/mol. The number of rotatable bonds is 6. The molecule has 140 valence electrons. The van der Waals surface area contributed by atoms with Gasteiger partial charge in [0.05, 0.1) is 13.2 Å². The lowest BCUT2D eigenvalue weighted by Crippen LogP contribution is -2.29. The number of ether oxygens (including phenoxy) is 2. The second-order valence-corrected chi connectivity index (χ2v) is 5.90. The van der Waals surface area contributed by atoms with Crippen molar-refractivity contribution in [1.82, 2.24) is 5.32 Å². The molecule has 1 aromatic carbocycles. The number of hydrogen-bond acceptors (Lipinski definition) is 4. The lowest BCUT2D eigenvalue weighted by molar-refractivity contribution is -0.123. The lowest BCUT2D eigenvalue weighted by Gasteiger charge is -2.11. The van der Waals surface area contributed by atoms with Gasteiger partial charge in [0.1, 0.15) is 0 Å². The summed E-state index contributed by atoms with van der Waals surface area (Å²) in [6.45, 7) is 6.17. The molecule has 0 atom stereocenters. The Morgan fingerprint density at radius 1 is 1.28 bits per heavy atom. The van der Waals surface area contributed by atoms with Crippen LogP contribution in [0.5, 0.6) is 11.5 Å². The van der Waals surface area contributed by atoms with E-state index < -0.39 is 0 Å². The number of guanidine groups is 1. The van der Waals surface area contributed by atoms with E-state index in [-0.39, 0.29) is 35.8 Å². The zero-order valence-electron chi connectivity index (χ0n) is 14.7. The van der Waals surface area contributed by atoms with Crippen LogP contribution < -0.4 is 25.8 Å². The molecule has 1 amide bonds. The van der Waals surface area contributed by atoms with Crippen LogP contribution in [0.1, 0.15) is 26.7 Å². The normalized spacial score (nSPS) is 13.6. The number of benzene rings is 1. The van der Waals surface area contributed by atoms with Crippen molar-refractivity contribution in [1.29, 1.82) is 0 Å². The molecule has 0 radical (unpaired) electrons. The summed E-state index contributed by atoms with van der Waals surface area (Å²) in [6.07, 6.45) is 1.61. The maximum atomic E-state index is 11.4. The van der Waals surface area contributed by atoms with Crippen molar-refractivity contribution in [2.75, 3.05) is 31.6 Å². The fourth-order valence-electron chi connectivity index (χ4n) is 2.12. The second kappa shape index (κ2) is 11.0. The first-order valence-electron chi connectivity index (χ1n) is 8.30. The van der Waals surface area contributed by atoms with Gasteiger partial charge in [0.2, 0.25) is 5.91 Å². The third-order valence-electron chi connectivity index (χ3n) is 3.46. The second-order valence-electron chi connectivity index (χ2n) is 5.90. The van der Waals surface area contributed by atoms with Gasteiger partial charge in [0, 0.05) is 37.2 Å². The zero-order chi connectivity index (χ0) is 17.4. The average Bonchev–Trinajstić information content (AvgIpc) is 2.79. The van der Waals surface area contributed by atoms with Crippen LogP contribution >= 0.6 is 24.0 Å². The summed E-state index contributed by atoms with van der Waals surface area (Å²) >= 11 is 0. The van der Waals surface area contributed by atoms with E-state index in [1.165, 1.54) is 0 Å². The van der Waals surface area contributed by atoms with E-state index in [2.05, 4.69) is 15.6 Å². The molecule has 1 aromatic rings. The fourth-order valence-corrected chi connectivity index (χ4v) is 2.12. The summed E-state index contributed by atoms with van der Waals surface area (Å²) in [6, 6.07) is 5.59. The molecule has 1 heterocycles. The third kappa shape index (κ3) is 7.37. The van der Waals surface area contributed by atoms with E-state index in [1.807, 2.05) is 32.0 Å². The monoisotopic (exact) mass is 462 g/mol. The number of nitrogens with two attached hydrogens (primary N) is 1. The first-order chi connectivity index (χ1) is 11.6. The van der Waals surface area contributed by atoms with Crippen LogP contribution in [0.4, 0.5) is 5.69 Å². The number of carbonyl (C=O) groups excluding carboxylic acids is 1. The quantitative estimate of drug-likeness (QED) is 0.261. The van der Waals surface area contributed by atoms with Crippen LogP contribution in [0, 0.1) is 5.92 Å². The van der Waals surface area contributed by atoms with Crippen LogP contribution in [0.2, 0.25) is 0 Å². The van der Waals surface area contributed by atoms with E-state index in [0.717, 1.165) is 24.3 Å². The highest BCUT2D eigenvalue weighted by Crippen LogP contribution is 2.32. The largest absolute Gasteiger partial charge is 0.490 e. The van der Waals surface area contributed by atoms with Crippen molar-refractivity contribution in [2.24, 2.45) is 16.6 Å². The van der Waals surface area contributed by atoms with Crippen molar-refractivity contribution >= 4 is 41.5 Å². The molecular formula is C17H27IN4O3. The molecule has 0 bridgehead atoms. The van der Waals surface area contributed by atoms with Gasteiger partial charge in [-0.2, -0.15) is 0 Å². The molecule has 8 heteroatoms. The zero-order valence-corrected chi connectivity index (χ0v) is 17.0. The van der Waals surface area contributed by atoms with E-state index in [1.54, 1.807) is 0 Å².